The Morgan fingerprint density at radius 3 is 2.36 bits per heavy atom. The van der Waals surface area contributed by atoms with Gasteiger partial charge in [-0.1, -0.05) is 42.5 Å². The number of hydrogen-bond acceptors (Lipinski definition) is 4. The Hall–Kier alpha value is -4.29. The van der Waals surface area contributed by atoms with E-state index >= 15 is 0 Å². The smallest absolute Gasteiger partial charge is 0.263 e. The molecule has 160 valence electrons. The third kappa shape index (κ3) is 4.37. The van der Waals surface area contributed by atoms with Crippen LogP contribution in [0, 0.1) is 0 Å². The van der Waals surface area contributed by atoms with Crippen molar-refractivity contribution >= 4 is 50.6 Å². The molecule has 0 saturated heterocycles. The lowest BCUT2D eigenvalue weighted by atomic mass is 10.1. The van der Waals surface area contributed by atoms with Crippen molar-refractivity contribution in [3.05, 3.63) is 120 Å². The van der Waals surface area contributed by atoms with Crippen molar-refractivity contribution in [2.45, 2.75) is 0 Å². The second-order valence-electron chi connectivity index (χ2n) is 7.35. The third-order valence-electron chi connectivity index (χ3n) is 5.16. The number of rotatable bonds is 5. The normalized spacial score (nSPS) is 10.7. The fourth-order valence-electron chi connectivity index (χ4n) is 3.56. The fraction of sp³-hybridized carbons (Fsp3) is 0. The predicted octanol–water partition coefficient (Wildman–Crippen LogP) is 6.53. The van der Waals surface area contributed by atoms with Crippen LogP contribution in [0.1, 0.15) is 20.7 Å². The van der Waals surface area contributed by atoms with E-state index < -0.39 is 0 Å². The molecule has 2 heterocycles. The number of anilines is 3. The highest BCUT2D eigenvalue weighted by molar-refractivity contribution is 7.14. The van der Waals surface area contributed by atoms with Crippen molar-refractivity contribution < 1.29 is 9.59 Å². The molecule has 0 saturated carbocycles. The van der Waals surface area contributed by atoms with Crippen LogP contribution in [0.2, 0.25) is 0 Å². The minimum atomic E-state index is -0.294. The van der Waals surface area contributed by atoms with Crippen molar-refractivity contribution in [2.24, 2.45) is 0 Å². The maximum Gasteiger partial charge on any atom is 0.263 e. The number of carbonyl (C=O) groups excluding carboxylic acids is 2. The summed E-state index contributed by atoms with van der Waals surface area (Å²) in [7, 11) is 0. The third-order valence-corrected chi connectivity index (χ3v) is 6.01. The van der Waals surface area contributed by atoms with E-state index in [2.05, 4.69) is 10.3 Å². The summed E-state index contributed by atoms with van der Waals surface area (Å²) in [6, 6.07) is 31.4. The Morgan fingerprint density at radius 1 is 0.758 bits per heavy atom. The first-order chi connectivity index (χ1) is 16.2. The number of carbonyl (C=O) groups is 2. The van der Waals surface area contributed by atoms with E-state index in [9.17, 15) is 9.59 Å². The summed E-state index contributed by atoms with van der Waals surface area (Å²) in [5.74, 6) is 0.0179. The second kappa shape index (κ2) is 9.06. The van der Waals surface area contributed by atoms with Gasteiger partial charge in [-0.2, -0.15) is 0 Å². The Balaban J connectivity index is 1.46. The minimum Gasteiger partial charge on any atom is -0.307 e. The highest BCUT2D eigenvalue weighted by Gasteiger charge is 2.21. The highest BCUT2D eigenvalue weighted by Crippen LogP contribution is 2.32. The summed E-state index contributed by atoms with van der Waals surface area (Å²) in [5.41, 5.74) is 2.43. The van der Waals surface area contributed by atoms with Crippen LogP contribution in [0.15, 0.2) is 109 Å². The lowest BCUT2D eigenvalue weighted by Crippen LogP contribution is -2.25. The molecule has 3 aromatic carbocycles. The van der Waals surface area contributed by atoms with Crippen LogP contribution in [0.4, 0.5) is 16.5 Å². The van der Waals surface area contributed by atoms with Gasteiger partial charge in [-0.3, -0.25) is 14.5 Å². The van der Waals surface area contributed by atoms with Crippen LogP contribution < -0.4 is 10.2 Å². The first-order valence-electron chi connectivity index (χ1n) is 10.4. The molecule has 0 aliphatic rings. The Morgan fingerprint density at radius 2 is 1.55 bits per heavy atom. The largest absolute Gasteiger partial charge is 0.307 e. The number of hydrogen-bond donors (Lipinski definition) is 1. The van der Waals surface area contributed by atoms with Gasteiger partial charge in [0.1, 0.15) is 10.8 Å². The lowest BCUT2D eigenvalue weighted by molar-refractivity contribution is 0.0995. The van der Waals surface area contributed by atoms with E-state index in [0.717, 1.165) is 15.9 Å². The zero-order chi connectivity index (χ0) is 22.6. The van der Waals surface area contributed by atoms with E-state index in [-0.39, 0.29) is 11.8 Å². The van der Waals surface area contributed by atoms with Gasteiger partial charge >= 0.3 is 0 Å². The lowest BCUT2D eigenvalue weighted by Gasteiger charge is -2.22. The van der Waals surface area contributed by atoms with E-state index in [1.54, 1.807) is 41.3 Å². The molecule has 1 N–H and O–H groups in total. The molecule has 5 rings (SSSR count). The Labute approximate surface area is 195 Å². The highest BCUT2D eigenvalue weighted by atomic mass is 32.1. The van der Waals surface area contributed by atoms with Crippen molar-refractivity contribution in [3.63, 3.8) is 0 Å². The molecule has 0 unspecified atom stereocenters. The summed E-state index contributed by atoms with van der Waals surface area (Å²) in [5, 5.41) is 6.56. The number of pyridine rings is 1. The monoisotopic (exact) mass is 449 g/mol. The fourth-order valence-corrected chi connectivity index (χ4v) is 4.31. The number of nitrogens with one attached hydrogen (secondary N) is 1. The number of para-hydroxylation sites is 1. The number of benzene rings is 3. The first-order valence-corrected chi connectivity index (χ1v) is 11.3. The molecule has 0 fully saturated rings. The van der Waals surface area contributed by atoms with Gasteiger partial charge in [-0.25, -0.2) is 4.98 Å². The summed E-state index contributed by atoms with van der Waals surface area (Å²) < 4.78 is 0. The van der Waals surface area contributed by atoms with E-state index in [0.29, 0.717) is 22.6 Å². The number of amides is 2. The zero-order valence-electron chi connectivity index (χ0n) is 17.5. The Bertz CT molecular complexity index is 1430. The van der Waals surface area contributed by atoms with Crippen molar-refractivity contribution in [1.29, 1.82) is 0 Å². The summed E-state index contributed by atoms with van der Waals surface area (Å²) >= 11 is 1.46. The number of fused-ring (bicyclic) bond motifs is 1. The maximum atomic E-state index is 13.4. The molecule has 5 nitrogen and oxygen atoms in total. The molecule has 0 radical (unpaired) electrons. The van der Waals surface area contributed by atoms with Gasteiger partial charge in [0.25, 0.3) is 11.8 Å². The molecule has 0 atom stereocenters. The van der Waals surface area contributed by atoms with Gasteiger partial charge in [0.15, 0.2) is 0 Å². The van der Waals surface area contributed by atoms with Gasteiger partial charge in [-0.05, 0) is 66.0 Å². The SMILES string of the molecule is O=C(Nc1ccc2ccccc2n1)c1cccc(N(C(=O)c2ccccc2)c2cccs2)c1. The molecule has 6 heteroatoms. The average molecular weight is 450 g/mol. The molecule has 0 spiro atoms. The number of aromatic nitrogens is 1. The molecular weight excluding hydrogens is 430 g/mol. The first kappa shape index (κ1) is 20.6. The average Bonchev–Trinajstić information content (AvgIpc) is 3.39. The van der Waals surface area contributed by atoms with Gasteiger partial charge in [0.2, 0.25) is 0 Å². The molecule has 5 aromatic rings. The number of thiophene rings is 1. The predicted molar refractivity (Wildman–Crippen MR) is 133 cm³/mol. The van der Waals surface area contributed by atoms with Crippen LogP contribution in [-0.2, 0) is 0 Å². The topological polar surface area (TPSA) is 62.3 Å². The maximum absolute atomic E-state index is 13.4. The molecule has 0 aliphatic carbocycles. The van der Waals surface area contributed by atoms with Crippen LogP contribution >= 0.6 is 11.3 Å². The van der Waals surface area contributed by atoms with Crippen LogP contribution in [0.25, 0.3) is 10.9 Å². The van der Waals surface area contributed by atoms with E-state index in [1.807, 2.05) is 72.1 Å². The standard InChI is InChI=1S/C27H19N3O2S/c31-26(29-24-16-15-19-8-4-5-13-23(19)28-24)21-11-6-12-22(18-21)30(25-14-7-17-33-25)27(32)20-9-2-1-3-10-20/h1-18H,(H,28,29,31). The molecule has 0 aliphatic heterocycles. The number of nitrogens with zero attached hydrogens (tertiary/aromatic N) is 2. The summed E-state index contributed by atoms with van der Waals surface area (Å²) in [6.07, 6.45) is 0. The zero-order valence-corrected chi connectivity index (χ0v) is 18.3. The van der Waals surface area contributed by atoms with Gasteiger partial charge in [0.05, 0.1) is 11.2 Å². The van der Waals surface area contributed by atoms with Crippen molar-refractivity contribution in [3.8, 4) is 0 Å². The van der Waals surface area contributed by atoms with E-state index in [4.69, 9.17) is 0 Å². The van der Waals surface area contributed by atoms with Crippen LogP contribution in [-0.4, -0.2) is 16.8 Å². The van der Waals surface area contributed by atoms with Gasteiger partial charge in [-0.15, -0.1) is 11.3 Å². The molecular formula is C27H19N3O2S. The van der Waals surface area contributed by atoms with Gasteiger partial charge < -0.3 is 5.32 Å². The van der Waals surface area contributed by atoms with Crippen molar-refractivity contribution in [2.75, 3.05) is 10.2 Å². The Kier molecular flexibility index (Phi) is 5.66. The van der Waals surface area contributed by atoms with Crippen molar-refractivity contribution in [1.82, 2.24) is 4.98 Å². The molecule has 0 bridgehead atoms. The molecule has 2 aromatic heterocycles. The van der Waals surface area contributed by atoms with Gasteiger partial charge in [0, 0.05) is 16.5 Å². The second-order valence-corrected chi connectivity index (χ2v) is 8.28. The summed E-state index contributed by atoms with van der Waals surface area (Å²) in [4.78, 5) is 32.5. The molecule has 2 amide bonds. The molecule has 33 heavy (non-hydrogen) atoms. The van der Waals surface area contributed by atoms with Crippen LogP contribution in [0.5, 0.6) is 0 Å². The van der Waals surface area contributed by atoms with E-state index in [1.165, 1.54) is 11.3 Å². The van der Waals surface area contributed by atoms with Crippen LogP contribution in [0.3, 0.4) is 0 Å². The quantitative estimate of drug-likeness (QED) is 0.332. The minimum absolute atomic E-state index is 0.160. The summed E-state index contributed by atoms with van der Waals surface area (Å²) in [6.45, 7) is 0.